The molecule has 1 unspecified atom stereocenters. The van der Waals surface area contributed by atoms with Gasteiger partial charge in [-0.25, -0.2) is 4.98 Å². The number of halogens is 1. The molecule has 0 bridgehead atoms. The lowest BCUT2D eigenvalue weighted by molar-refractivity contribution is -0.117. The van der Waals surface area contributed by atoms with E-state index in [1.165, 1.54) is 6.33 Å². The van der Waals surface area contributed by atoms with Gasteiger partial charge in [0.15, 0.2) is 10.8 Å². The van der Waals surface area contributed by atoms with E-state index >= 15 is 0 Å². The smallest absolute Gasteiger partial charge is 0.244 e. The number of carbonyl (C=O) groups excluding carboxylic acids is 1. The normalized spacial score (nSPS) is 12.1. The van der Waals surface area contributed by atoms with Gasteiger partial charge in [-0.15, -0.1) is 12.3 Å². The van der Waals surface area contributed by atoms with Crippen molar-refractivity contribution in [3.05, 3.63) is 11.5 Å². The number of imidazole rings is 1. The van der Waals surface area contributed by atoms with Crippen LogP contribution in [0.3, 0.4) is 0 Å². The number of hydrogen-bond acceptors (Lipinski definition) is 5. The van der Waals surface area contributed by atoms with Crippen molar-refractivity contribution in [3.63, 3.8) is 0 Å². The molecule has 0 aliphatic carbocycles. The van der Waals surface area contributed by atoms with E-state index in [2.05, 4.69) is 31.2 Å². The molecule has 0 saturated heterocycles. The molecule has 7 nitrogen and oxygen atoms in total. The molecular formula is C10H9ClN6O. The number of nitrogens with two attached hydrogens (primary N) is 1. The van der Waals surface area contributed by atoms with Crippen LogP contribution in [0.25, 0.3) is 11.2 Å². The van der Waals surface area contributed by atoms with Crippen molar-refractivity contribution in [2.24, 2.45) is 5.73 Å². The van der Waals surface area contributed by atoms with E-state index in [1.54, 1.807) is 0 Å². The fourth-order valence-electron chi connectivity index (χ4n) is 1.28. The lowest BCUT2D eigenvalue weighted by Crippen LogP contribution is -2.35. The molecule has 0 aliphatic rings. The molecule has 18 heavy (non-hydrogen) atoms. The summed E-state index contributed by atoms with van der Waals surface area (Å²) in [6.45, 7) is 0. The molecule has 92 valence electrons. The van der Waals surface area contributed by atoms with E-state index in [9.17, 15) is 4.79 Å². The number of nitrogens with one attached hydrogen (secondary N) is 2. The van der Waals surface area contributed by atoms with Crippen LogP contribution in [0, 0.1) is 12.3 Å². The zero-order valence-electron chi connectivity index (χ0n) is 9.14. The van der Waals surface area contributed by atoms with Gasteiger partial charge in [0, 0.05) is 6.42 Å². The Labute approximate surface area is 107 Å². The molecule has 2 aromatic heterocycles. The first-order chi connectivity index (χ1) is 8.61. The lowest BCUT2D eigenvalue weighted by atomic mass is 10.2. The molecule has 0 aromatic carbocycles. The Morgan fingerprint density at radius 2 is 2.44 bits per heavy atom. The minimum absolute atomic E-state index is 0.0390. The van der Waals surface area contributed by atoms with E-state index < -0.39 is 11.9 Å². The standard InChI is InChI=1S/C10H9ClN6O/c1-2-3-5(12)9(18)17-10-15-7(11)6-8(16-10)14-4-13-6/h1,4-5H,3,12H2,(H2,13,14,15,16,17,18). The quantitative estimate of drug-likeness (QED) is 0.545. The van der Waals surface area contributed by atoms with Gasteiger partial charge in [0.1, 0.15) is 5.52 Å². The fraction of sp³-hybridized carbons (Fsp3) is 0.200. The molecule has 0 radical (unpaired) electrons. The Bertz CT molecular complexity index is 631. The summed E-state index contributed by atoms with van der Waals surface area (Å²) < 4.78 is 0. The molecule has 2 aromatic rings. The van der Waals surface area contributed by atoms with Gasteiger partial charge < -0.3 is 10.7 Å². The number of hydrogen-bond donors (Lipinski definition) is 3. The highest BCUT2D eigenvalue weighted by Crippen LogP contribution is 2.18. The SMILES string of the molecule is C#CCC(N)C(=O)Nc1nc(Cl)c2[nH]cnc2n1. The maximum atomic E-state index is 11.6. The Morgan fingerprint density at radius 1 is 1.67 bits per heavy atom. The second kappa shape index (κ2) is 5.00. The van der Waals surface area contributed by atoms with Crippen molar-refractivity contribution in [1.29, 1.82) is 0 Å². The minimum atomic E-state index is -0.813. The van der Waals surface area contributed by atoms with Crippen LogP contribution in [0.4, 0.5) is 5.95 Å². The Kier molecular flexibility index (Phi) is 3.41. The molecule has 0 fully saturated rings. The molecule has 0 saturated carbocycles. The second-order valence-electron chi connectivity index (χ2n) is 3.44. The lowest BCUT2D eigenvalue weighted by Gasteiger charge is -2.08. The predicted molar refractivity (Wildman–Crippen MR) is 66.7 cm³/mol. The van der Waals surface area contributed by atoms with Gasteiger partial charge in [0.25, 0.3) is 0 Å². The average Bonchev–Trinajstić information content (AvgIpc) is 2.77. The highest BCUT2D eigenvalue weighted by molar-refractivity contribution is 6.33. The van der Waals surface area contributed by atoms with Crippen LogP contribution in [0.2, 0.25) is 5.15 Å². The van der Waals surface area contributed by atoms with E-state index in [1.807, 2.05) is 0 Å². The van der Waals surface area contributed by atoms with Crippen LogP contribution in [-0.2, 0) is 4.79 Å². The maximum absolute atomic E-state index is 11.6. The molecule has 0 aliphatic heterocycles. The number of fused-ring (bicyclic) bond motifs is 1. The third kappa shape index (κ3) is 2.40. The maximum Gasteiger partial charge on any atom is 0.244 e. The molecular weight excluding hydrogens is 256 g/mol. The Balaban J connectivity index is 2.22. The van der Waals surface area contributed by atoms with Crippen LogP contribution < -0.4 is 11.1 Å². The number of anilines is 1. The first-order valence-electron chi connectivity index (χ1n) is 4.98. The van der Waals surface area contributed by atoms with E-state index in [-0.39, 0.29) is 17.5 Å². The highest BCUT2D eigenvalue weighted by Gasteiger charge is 2.15. The first kappa shape index (κ1) is 12.3. The average molecular weight is 265 g/mol. The Morgan fingerprint density at radius 3 is 3.17 bits per heavy atom. The molecule has 8 heteroatoms. The van der Waals surface area contributed by atoms with Crippen molar-refractivity contribution in [1.82, 2.24) is 19.9 Å². The number of amides is 1. The van der Waals surface area contributed by atoms with Gasteiger partial charge in [-0.3, -0.25) is 10.1 Å². The van der Waals surface area contributed by atoms with Crippen LogP contribution in [0.5, 0.6) is 0 Å². The summed E-state index contributed by atoms with van der Waals surface area (Å²) in [7, 11) is 0. The van der Waals surface area contributed by atoms with Crippen molar-refractivity contribution in [2.45, 2.75) is 12.5 Å². The molecule has 2 rings (SSSR count). The number of aromatic amines is 1. The summed E-state index contributed by atoms with van der Waals surface area (Å²) in [6.07, 6.45) is 6.63. The highest BCUT2D eigenvalue weighted by atomic mass is 35.5. The monoisotopic (exact) mass is 264 g/mol. The van der Waals surface area contributed by atoms with E-state index in [0.717, 1.165) is 0 Å². The van der Waals surface area contributed by atoms with Crippen molar-refractivity contribution in [2.75, 3.05) is 5.32 Å². The molecule has 1 amide bonds. The third-order valence-electron chi connectivity index (χ3n) is 2.15. The zero-order chi connectivity index (χ0) is 13.1. The van der Waals surface area contributed by atoms with E-state index in [4.69, 9.17) is 23.8 Å². The number of H-pyrrole nitrogens is 1. The summed E-state index contributed by atoms with van der Waals surface area (Å²) in [5, 5.41) is 2.59. The van der Waals surface area contributed by atoms with Gasteiger partial charge in [0.2, 0.25) is 11.9 Å². The van der Waals surface area contributed by atoms with Crippen LogP contribution >= 0.6 is 11.6 Å². The zero-order valence-corrected chi connectivity index (χ0v) is 9.90. The van der Waals surface area contributed by atoms with Crippen LogP contribution in [-0.4, -0.2) is 31.9 Å². The van der Waals surface area contributed by atoms with Gasteiger partial charge in [-0.1, -0.05) is 11.6 Å². The van der Waals surface area contributed by atoms with Crippen molar-refractivity contribution >= 4 is 34.6 Å². The van der Waals surface area contributed by atoms with Crippen molar-refractivity contribution < 1.29 is 4.79 Å². The fourth-order valence-corrected chi connectivity index (χ4v) is 1.50. The number of carbonyl (C=O) groups is 1. The second-order valence-corrected chi connectivity index (χ2v) is 3.80. The summed E-state index contributed by atoms with van der Waals surface area (Å²) in [6, 6.07) is -0.813. The number of rotatable bonds is 3. The number of nitrogens with zero attached hydrogens (tertiary/aromatic N) is 3. The molecule has 0 spiro atoms. The van der Waals surface area contributed by atoms with Crippen LogP contribution in [0.1, 0.15) is 6.42 Å². The summed E-state index contributed by atoms with van der Waals surface area (Å²) in [5.41, 5.74) is 6.40. The largest absolute Gasteiger partial charge is 0.341 e. The topological polar surface area (TPSA) is 110 Å². The molecule has 4 N–H and O–H groups in total. The van der Waals surface area contributed by atoms with Gasteiger partial charge in [-0.2, -0.15) is 9.97 Å². The molecule has 2 heterocycles. The first-order valence-corrected chi connectivity index (χ1v) is 5.36. The number of terminal acetylenes is 1. The third-order valence-corrected chi connectivity index (χ3v) is 2.42. The van der Waals surface area contributed by atoms with Crippen LogP contribution in [0.15, 0.2) is 6.33 Å². The van der Waals surface area contributed by atoms with E-state index in [0.29, 0.717) is 11.2 Å². The molecule has 1 atom stereocenters. The summed E-state index contributed by atoms with van der Waals surface area (Å²) >= 11 is 5.89. The minimum Gasteiger partial charge on any atom is -0.341 e. The summed E-state index contributed by atoms with van der Waals surface area (Å²) in [5.74, 6) is 1.87. The predicted octanol–water partition coefficient (Wildman–Crippen LogP) is 0.295. The van der Waals surface area contributed by atoms with Gasteiger partial charge in [0.05, 0.1) is 12.4 Å². The van der Waals surface area contributed by atoms with Gasteiger partial charge in [-0.05, 0) is 0 Å². The van der Waals surface area contributed by atoms with Gasteiger partial charge >= 0.3 is 0 Å². The van der Waals surface area contributed by atoms with Crippen molar-refractivity contribution in [3.8, 4) is 12.3 Å². The number of aromatic nitrogens is 4. The summed E-state index contributed by atoms with van der Waals surface area (Å²) in [4.78, 5) is 26.2. The Hall–Kier alpha value is -2.17.